The third-order valence-electron chi connectivity index (χ3n) is 4.09. The first-order valence-electron chi connectivity index (χ1n) is 8.47. The highest BCUT2D eigenvalue weighted by molar-refractivity contribution is 7.91. The Kier molecular flexibility index (Phi) is 5.96. The molecule has 3 rings (SSSR count). The average molecular weight is 402 g/mol. The lowest BCUT2D eigenvalue weighted by molar-refractivity contribution is 0.199. The number of anilines is 1. The summed E-state index contributed by atoms with van der Waals surface area (Å²) >= 11 is 0. The second-order valence-electron chi connectivity index (χ2n) is 6.05. The molecule has 0 bridgehead atoms. The zero-order chi connectivity index (χ0) is 20.1. The molecule has 146 valence electrons. The maximum Gasteiger partial charge on any atom is 0.219 e. The smallest absolute Gasteiger partial charge is 0.219 e. The molecule has 7 nitrogen and oxygen atoms in total. The van der Waals surface area contributed by atoms with Crippen molar-refractivity contribution in [1.29, 1.82) is 0 Å². The van der Waals surface area contributed by atoms with Crippen molar-refractivity contribution in [3.05, 3.63) is 54.7 Å². The molecule has 0 atom stereocenters. The summed E-state index contributed by atoms with van der Waals surface area (Å²) in [5.74, 6) is -0.536. The number of methoxy groups -OCH3 is 1. The van der Waals surface area contributed by atoms with Gasteiger partial charge in [-0.05, 0) is 30.2 Å². The average Bonchev–Trinajstić information content (AvgIpc) is 2.69. The zero-order valence-electron chi connectivity index (χ0n) is 15.2. The molecule has 9 heteroatoms. The predicted molar refractivity (Wildman–Crippen MR) is 104 cm³/mol. The first-order valence-corrected chi connectivity index (χ1v) is 10.1. The molecule has 0 aliphatic carbocycles. The zero-order valence-corrected chi connectivity index (χ0v) is 16.0. The van der Waals surface area contributed by atoms with E-state index in [1.54, 1.807) is 24.3 Å². The molecule has 28 heavy (non-hydrogen) atoms. The Morgan fingerprint density at radius 1 is 1.07 bits per heavy atom. The largest absolute Gasteiger partial charge is 0.385 e. The van der Waals surface area contributed by atoms with Crippen LogP contribution in [0.2, 0.25) is 0 Å². The molecule has 2 heterocycles. The first kappa shape index (κ1) is 19.8. The molecule has 0 saturated carbocycles. The van der Waals surface area contributed by atoms with Gasteiger partial charge in [-0.25, -0.2) is 27.8 Å². The van der Waals surface area contributed by atoms with Crippen molar-refractivity contribution < 1.29 is 17.5 Å². The minimum absolute atomic E-state index is 0.0749. The number of rotatable bonds is 7. The number of nitrogens with zero attached hydrogens (tertiary/aromatic N) is 3. The first-order chi connectivity index (χ1) is 13.4. The van der Waals surface area contributed by atoms with Crippen molar-refractivity contribution in [2.45, 2.75) is 11.4 Å². The second-order valence-corrected chi connectivity index (χ2v) is 8.07. The van der Waals surface area contributed by atoms with Gasteiger partial charge in [-0.15, -0.1) is 0 Å². The Labute approximate surface area is 162 Å². The SMILES string of the molecule is COCCCS(=O)(=O)c1ncccc1-c1ccc(-c2cnc(N)nc2)c(F)c1. The molecular weight excluding hydrogens is 383 g/mol. The lowest BCUT2D eigenvalue weighted by Crippen LogP contribution is -2.12. The number of nitrogen functional groups attached to an aromatic ring is 1. The highest BCUT2D eigenvalue weighted by atomic mass is 32.2. The number of sulfone groups is 1. The number of pyridine rings is 1. The van der Waals surface area contributed by atoms with Gasteiger partial charge in [0.2, 0.25) is 5.95 Å². The van der Waals surface area contributed by atoms with Crippen molar-refractivity contribution in [2.24, 2.45) is 0 Å². The molecule has 0 aliphatic rings. The van der Waals surface area contributed by atoms with Gasteiger partial charge in [0.25, 0.3) is 0 Å². The Morgan fingerprint density at radius 3 is 2.50 bits per heavy atom. The van der Waals surface area contributed by atoms with Crippen LogP contribution in [-0.4, -0.2) is 42.8 Å². The summed E-state index contributed by atoms with van der Waals surface area (Å²) in [7, 11) is -2.13. The normalized spacial score (nSPS) is 11.5. The molecule has 0 aliphatic heterocycles. The monoisotopic (exact) mass is 402 g/mol. The number of halogens is 1. The lowest BCUT2D eigenvalue weighted by atomic mass is 10.0. The Balaban J connectivity index is 1.99. The quantitative estimate of drug-likeness (QED) is 0.605. The Bertz CT molecular complexity index is 1070. The highest BCUT2D eigenvalue weighted by Crippen LogP contribution is 2.31. The number of hydrogen-bond acceptors (Lipinski definition) is 7. The van der Waals surface area contributed by atoms with Gasteiger partial charge in [0, 0.05) is 49.0 Å². The van der Waals surface area contributed by atoms with Gasteiger partial charge in [0.05, 0.1) is 5.75 Å². The minimum Gasteiger partial charge on any atom is -0.385 e. The molecule has 3 aromatic rings. The van der Waals surface area contributed by atoms with E-state index in [0.717, 1.165) is 0 Å². The summed E-state index contributed by atoms with van der Waals surface area (Å²) in [6.07, 6.45) is 4.61. The lowest BCUT2D eigenvalue weighted by Gasteiger charge is -2.11. The van der Waals surface area contributed by atoms with E-state index < -0.39 is 15.7 Å². The van der Waals surface area contributed by atoms with Crippen LogP contribution in [0.15, 0.2) is 53.9 Å². The maximum atomic E-state index is 14.7. The summed E-state index contributed by atoms with van der Waals surface area (Å²) in [6, 6.07) is 7.69. The highest BCUT2D eigenvalue weighted by Gasteiger charge is 2.21. The van der Waals surface area contributed by atoms with E-state index >= 15 is 0 Å². The van der Waals surface area contributed by atoms with E-state index in [1.807, 2.05) is 0 Å². The fraction of sp³-hybridized carbons (Fsp3) is 0.211. The topological polar surface area (TPSA) is 108 Å². The van der Waals surface area contributed by atoms with E-state index in [2.05, 4.69) is 15.0 Å². The molecule has 1 aromatic carbocycles. The molecule has 0 fully saturated rings. The van der Waals surface area contributed by atoms with Crippen LogP contribution in [0.25, 0.3) is 22.3 Å². The number of aromatic nitrogens is 3. The van der Waals surface area contributed by atoms with E-state index in [4.69, 9.17) is 10.5 Å². The van der Waals surface area contributed by atoms with Crippen LogP contribution < -0.4 is 5.73 Å². The molecular formula is C19H19FN4O3S. The second kappa shape index (κ2) is 8.41. The number of nitrogens with two attached hydrogens (primary N) is 1. The van der Waals surface area contributed by atoms with Crippen molar-refractivity contribution in [3.8, 4) is 22.3 Å². The van der Waals surface area contributed by atoms with Gasteiger partial charge in [-0.2, -0.15) is 0 Å². The van der Waals surface area contributed by atoms with E-state index in [9.17, 15) is 12.8 Å². The minimum atomic E-state index is -3.64. The van der Waals surface area contributed by atoms with Crippen LogP contribution in [0, 0.1) is 5.82 Å². The van der Waals surface area contributed by atoms with Crippen LogP contribution in [0.3, 0.4) is 0 Å². The molecule has 2 N–H and O–H groups in total. The summed E-state index contributed by atoms with van der Waals surface area (Å²) < 4.78 is 45.0. The van der Waals surface area contributed by atoms with Gasteiger partial charge in [0.15, 0.2) is 14.9 Å². The van der Waals surface area contributed by atoms with Gasteiger partial charge in [-0.1, -0.05) is 12.1 Å². The van der Waals surface area contributed by atoms with Crippen LogP contribution in [0.4, 0.5) is 10.3 Å². The fourth-order valence-corrected chi connectivity index (χ4v) is 4.18. The summed E-state index contributed by atoms with van der Waals surface area (Å²) in [5.41, 5.74) is 6.97. The van der Waals surface area contributed by atoms with Crippen molar-refractivity contribution >= 4 is 15.8 Å². The van der Waals surface area contributed by atoms with E-state index in [-0.39, 0.29) is 22.3 Å². The third-order valence-corrected chi connectivity index (χ3v) is 5.83. The third kappa shape index (κ3) is 4.32. The molecule has 0 saturated heterocycles. The summed E-state index contributed by atoms with van der Waals surface area (Å²) in [5, 5.41) is -0.0749. The van der Waals surface area contributed by atoms with Crippen LogP contribution >= 0.6 is 0 Å². The van der Waals surface area contributed by atoms with Crippen molar-refractivity contribution in [2.75, 3.05) is 25.2 Å². The molecule has 0 unspecified atom stereocenters. The predicted octanol–water partition coefficient (Wildman–Crippen LogP) is 2.74. The van der Waals surface area contributed by atoms with Gasteiger partial charge >= 0.3 is 0 Å². The van der Waals surface area contributed by atoms with Crippen molar-refractivity contribution in [3.63, 3.8) is 0 Å². The summed E-state index contributed by atoms with van der Waals surface area (Å²) in [4.78, 5) is 11.8. The van der Waals surface area contributed by atoms with Crippen LogP contribution in [0.1, 0.15) is 6.42 Å². The fourth-order valence-electron chi connectivity index (χ4n) is 2.74. The van der Waals surface area contributed by atoms with Crippen LogP contribution in [0.5, 0.6) is 0 Å². The summed E-state index contributed by atoms with van der Waals surface area (Å²) in [6.45, 7) is 0.328. The van der Waals surface area contributed by atoms with Gasteiger partial charge < -0.3 is 10.5 Å². The number of ether oxygens (including phenoxy) is 1. The number of hydrogen-bond donors (Lipinski definition) is 1. The van der Waals surface area contributed by atoms with Crippen LogP contribution in [-0.2, 0) is 14.6 Å². The van der Waals surface area contributed by atoms with Crippen molar-refractivity contribution in [1.82, 2.24) is 15.0 Å². The molecule has 0 amide bonds. The Hall–Kier alpha value is -2.91. The molecule has 0 spiro atoms. The molecule has 2 aromatic heterocycles. The maximum absolute atomic E-state index is 14.7. The van der Waals surface area contributed by atoms with Gasteiger partial charge in [0.1, 0.15) is 5.82 Å². The van der Waals surface area contributed by atoms with E-state index in [0.29, 0.717) is 29.7 Å². The van der Waals surface area contributed by atoms with Gasteiger partial charge in [-0.3, -0.25) is 0 Å². The Morgan fingerprint density at radius 2 is 1.82 bits per heavy atom. The standard InChI is InChI=1S/C19H19FN4O3S/c1-27-8-3-9-28(25,26)18-16(4-2-7-22-18)13-5-6-15(17(20)10-13)14-11-23-19(21)24-12-14/h2,4-7,10-12H,3,8-9H2,1H3,(H2,21,23,24). The molecule has 0 radical (unpaired) electrons. The van der Waals surface area contributed by atoms with E-state index in [1.165, 1.54) is 31.8 Å². The number of benzene rings is 1.